The number of amides is 2. The van der Waals surface area contributed by atoms with Crippen molar-refractivity contribution in [2.75, 3.05) is 37.9 Å². The molecule has 2 amide bonds. The summed E-state index contributed by atoms with van der Waals surface area (Å²) < 4.78 is 10.9. The molecule has 286 valence electrons. The number of nitrogens with zero attached hydrogens (tertiary/aromatic N) is 2. The minimum atomic E-state index is -1.10. The van der Waals surface area contributed by atoms with E-state index < -0.39 is 36.0 Å². The number of methoxy groups -OCH3 is 2. The largest absolute Gasteiger partial charge is 0.496 e. The van der Waals surface area contributed by atoms with Gasteiger partial charge >= 0.3 is 11.9 Å². The van der Waals surface area contributed by atoms with Crippen LogP contribution in [0.15, 0.2) is 60.9 Å². The Labute approximate surface area is 311 Å². The molecule has 0 fully saturated rings. The highest BCUT2D eigenvalue weighted by Gasteiger charge is 2.19. The summed E-state index contributed by atoms with van der Waals surface area (Å²) in [5, 5.41) is 49.0. The maximum Gasteiger partial charge on any atom is 0.306 e. The lowest BCUT2D eigenvalue weighted by Gasteiger charge is -2.17. The van der Waals surface area contributed by atoms with Crippen molar-refractivity contribution in [1.29, 1.82) is 0 Å². The number of hydrogen-bond acceptors (Lipinski definition) is 12. The molecule has 2 atom stereocenters. The molecule has 0 spiro atoms. The van der Waals surface area contributed by atoms with Gasteiger partial charge < -0.3 is 51.2 Å². The summed E-state index contributed by atoms with van der Waals surface area (Å²) in [5.41, 5.74) is 5.74. The Hall–Kier alpha value is -5.94. The minimum Gasteiger partial charge on any atom is -0.496 e. The zero-order chi connectivity index (χ0) is 39.4. The quantitative estimate of drug-likeness (QED) is 0.0688. The third-order valence-corrected chi connectivity index (χ3v) is 8.46. The van der Waals surface area contributed by atoms with E-state index in [0.717, 1.165) is 22.3 Å². The number of nitrogens with one attached hydrogen (secondary N) is 4. The van der Waals surface area contributed by atoms with Gasteiger partial charge in [-0.2, -0.15) is 0 Å². The molecule has 54 heavy (non-hydrogen) atoms. The topological polar surface area (TPSA) is 242 Å². The zero-order valence-electron chi connectivity index (χ0n) is 30.3. The highest BCUT2D eigenvalue weighted by atomic mass is 16.5. The third-order valence-electron chi connectivity index (χ3n) is 8.46. The Bertz CT molecular complexity index is 1850. The summed E-state index contributed by atoms with van der Waals surface area (Å²) in [4.78, 5) is 56.8. The van der Waals surface area contributed by atoms with Gasteiger partial charge in [0.15, 0.2) is 0 Å². The lowest BCUT2D eigenvalue weighted by molar-refractivity contribution is -0.140. The number of benzene rings is 2. The smallest absolute Gasteiger partial charge is 0.306 e. The van der Waals surface area contributed by atoms with E-state index in [0.29, 0.717) is 34.0 Å². The molecule has 16 nitrogen and oxygen atoms in total. The number of aliphatic hydroxyl groups excluding tert-OH is 2. The van der Waals surface area contributed by atoms with Crippen molar-refractivity contribution in [1.82, 2.24) is 20.6 Å². The molecule has 0 unspecified atom stereocenters. The first-order valence-corrected chi connectivity index (χ1v) is 16.9. The molecule has 0 aliphatic rings. The molecule has 0 aliphatic carbocycles. The van der Waals surface area contributed by atoms with E-state index in [4.69, 9.17) is 19.7 Å². The van der Waals surface area contributed by atoms with E-state index in [-0.39, 0.29) is 50.4 Å². The van der Waals surface area contributed by atoms with Crippen molar-refractivity contribution in [3.8, 4) is 22.6 Å². The van der Waals surface area contributed by atoms with E-state index in [2.05, 4.69) is 31.2 Å². The molecular formula is C38H44N6O10. The second-order valence-electron chi connectivity index (χ2n) is 12.4. The number of aliphatic hydroxyl groups is 2. The molecule has 0 aliphatic heterocycles. The number of ether oxygens (including phenoxy) is 2. The molecule has 4 aromatic rings. The molecule has 8 N–H and O–H groups in total. The average molecular weight is 745 g/mol. The van der Waals surface area contributed by atoms with Crippen molar-refractivity contribution in [2.24, 2.45) is 0 Å². The number of carboxylic acid groups (broad SMARTS) is 2. The Kier molecular flexibility index (Phi) is 14.5. The number of hydrogen-bond donors (Lipinski definition) is 8. The summed E-state index contributed by atoms with van der Waals surface area (Å²) in [6.07, 6.45) is 0.0716. The molecule has 0 saturated heterocycles. The van der Waals surface area contributed by atoms with Crippen LogP contribution in [0.3, 0.4) is 0 Å². The number of carbonyl (C=O) groups is 4. The number of rotatable bonds is 19. The minimum absolute atomic E-state index is 0.0504. The summed E-state index contributed by atoms with van der Waals surface area (Å²) in [6, 6.07) is 14.0. The first-order valence-electron chi connectivity index (χ1n) is 16.9. The van der Waals surface area contributed by atoms with Crippen molar-refractivity contribution in [3.05, 3.63) is 94.6 Å². The summed E-state index contributed by atoms with van der Waals surface area (Å²) in [5.74, 6) is -2.36. The van der Waals surface area contributed by atoms with Gasteiger partial charge in [-0.15, -0.1) is 0 Å². The van der Waals surface area contributed by atoms with Crippen LogP contribution in [0.2, 0.25) is 0 Å². The van der Waals surface area contributed by atoms with Crippen LogP contribution in [0, 0.1) is 13.8 Å². The highest BCUT2D eigenvalue weighted by Crippen LogP contribution is 2.34. The van der Waals surface area contributed by atoms with Gasteiger partial charge in [-0.25, -0.2) is 0 Å². The van der Waals surface area contributed by atoms with Gasteiger partial charge in [0.25, 0.3) is 11.8 Å². The van der Waals surface area contributed by atoms with Crippen molar-refractivity contribution < 1.29 is 49.1 Å². The number of pyridine rings is 2. The molecule has 0 saturated carbocycles. The maximum atomic E-state index is 13.3. The van der Waals surface area contributed by atoms with Crippen LogP contribution < -0.4 is 30.7 Å². The molecule has 4 rings (SSSR count). The zero-order valence-corrected chi connectivity index (χ0v) is 30.3. The average Bonchev–Trinajstić information content (AvgIpc) is 3.13. The predicted octanol–water partition coefficient (Wildman–Crippen LogP) is 3.13. The standard InChI is InChI=1S/C38H44N6O10/c1-21-27(7-5-9-29(21)43-37(51)31-13-33(53-3)23(17-41-31)15-39-19-25(45)11-35(47)48)28-8-6-10-30(22(28)2)44-38(52)32-14-34(54-4)24(18-42-32)16-40-20-26(46)12-36(49)50/h5-10,13-14,17-18,25-26,39-40,45-46H,11-12,15-16,19-20H2,1-4H3,(H,43,51)(H,44,52)(H,47,48)(H,49,50)/t25-,26-/m0/s1. The van der Waals surface area contributed by atoms with Crippen molar-refractivity contribution in [2.45, 2.75) is 52.0 Å². The Morgan fingerprint density at radius 2 is 1.06 bits per heavy atom. The monoisotopic (exact) mass is 744 g/mol. The molecule has 0 bridgehead atoms. The first-order chi connectivity index (χ1) is 25.8. The molecule has 16 heteroatoms. The van der Waals surface area contributed by atoms with E-state index in [1.807, 2.05) is 38.1 Å². The van der Waals surface area contributed by atoms with Crippen LogP contribution >= 0.6 is 0 Å². The van der Waals surface area contributed by atoms with Gasteiger partial charge in [0.05, 0.1) is 39.3 Å². The molecular weight excluding hydrogens is 700 g/mol. The number of carbonyl (C=O) groups excluding carboxylic acids is 2. The fourth-order valence-corrected chi connectivity index (χ4v) is 5.62. The molecule has 2 aromatic heterocycles. The van der Waals surface area contributed by atoms with Crippen LogP contribution in [-0.4, -0.2) is 93.7 Å². The molecule has 0 radical (unpaired) electrons. The summed E-state index contributed by atoms with van der Waals surface area (Å²) in [6.45, 7) is 4.31. The van der Waals surface area contributed by atoms with E-state index in [1.54, 1.807) is 12.1 Å². The summed E-state index contributed by atoms with van der Waals surface area (Å²) >= 11 is 0. The lowest BCUT2D eigenvalue weighted by Crippen LogP contribution is -2.28. The van der Waals surface area contributed by atoms with Crippen LogP contribution in [0.5, 0.6) is 11.5 Å². The predicted molar refractivity (Wildman–Crippen MR) is 199 cm³/mol. The fraction of sp³-hybridized carbons (Fsp3) is 0.316. The number of aliphatic carboxylic acids is 2. The van der Waals surface area contributed by atoms with Crippen LogP contribution in [0.4, 0.5) is 11.4 Å². The van der Waals surface area contributed by atoms with Gasteiger partial charge in [-0.1, -0.05) is 24.3 Å². The van der Waals surface area contributed by atoms with E-state index in [9.17, 15) is 29.4 Å². The number of anilines is 2. The maximum absolute atomic E-state index is 13.3. The van der Waals surface area contributed by atoms with Crippen molar-refractivity contribution in [3.63, 3.8) is 0 Å². The number of carboxylic acids is 2. The second kappa shape index (κ2) is 19.2. The first kappa shape index (κ1) is 40.8. The van der Waals surface area contributed by atoms with Crippen molar-refractivity contribution >= 4 is 35.1 Å². The third kappa shape index (κ3) is 11.0. The van der Waals surface area contributed by atoms with Gasteiger partial charge in [-0.3, -0.25) is 29.1 Å². The lowest BCUT2D eigenvalue weighted by atomic mass is 9.94. The molecule has 2 heterocycles. The number of aromatic nitrogens is 2. The van der Waals surface area contributed by atoms with Crippen LogP contribution in [0.1, 0.15) is 56.1 Å². The Balaban J connectivity index is 1.45. The normalized spacial score (nSPS) is 12.0. The van der Waals surface area contributed by atoms with E-state index in [1.165, 1.54) is 38.7 Å². The summed E-state index contributed by atoms with van der Waals surface area (Å²) in [7, 11) is 2.91. The van der Waals surface area contributed by atoms with E-state index >= 15 is 0 Å². The molecule has 2 aromatic carbocycles. The van der Waals surface area contributed by atoms with Crippen LogP contribution in [0.25, 0.3) is 11.1 Å². The highest BCUT2D eigenvalue weighted by molar-refractivity contribution is 6.05. The SMILES string of the molecule is COc1cc(C(=O)Nc2cccc(-c3cccc(NC(=O)c4cc(OC)c(CNC[C@@H](O)CC(=O)O)cn4)c3C)c2C)ncc1CNC[C@@H](O)CC(=O)O. The van der Waals surface area contributed by atoms with Gasteiger partial charge in [0.1, 0.15) is 22.9 Å². The fourth-order valence-electron chi connectivity index (χ4n) is 5.62. The van der Waals surface area contributed by atoms with Crippen LogP contribution in [-0.2, 0) is 22.7 Å². The second-order valence-corrected chi connectivity index (χ2v) is 12.4. The van der Waals surface area contributed by atoms with Gasteiger partial charge in [0, 0.05) is 73.2 Å². The Morgan fingerprint density at radius 1 is 0.667 bits per heavy atom. The Morgan fingerprint density at radius 3 is 1.41 bits per heavy atom. The van der Waals surface area contributed by atoms with Gasteiger partial charge in [-0.05, 0) is 48.2 Å². The van der Waals surface area contributed by atoms with Gasteiger partial charge in [0.2, 0.25) is 0 Å².